The molecular weight excluding hydrogens is 841 g/mol. The highest BCUT2D eigenvalue weighted by Crippen LogP contribution is 2.43. The molecule has 310 valence electrons. The first-order valence-corrected chi connectivity index (χ1v) is 23.8. The molecule has 0 unspecified atom stereocenters. The first-order valence-electron chi connectivity index (χ1n) is 22.1. The van der Waals surface area contributed by atoms with E-state index in [0.29, 0.717) is 0 Å². The molecule has 66 heavy (non-hydrogen) atoms. The number of thiazole rings is 2. The lowest BCUT2D eigenvalue weighted by molar-refractivity contribution is 1.29. The summed E-state index contributed by atoms with van der Waals surface area (Å²) in [7, 11) is 0. The summed E-state index contributed by atoms with van der Waals surface area (Å²) >= 11 is 3.46. The van der Waals surface area contributed by atoms with Crippen LogP contribution in [0.25, 0.3) is 84.7 Å². The molecule has 0 aliphatic rings. The molecule has 2 heterocycles. The SMILES string of the molecule is c1ccc2cc(N(c3ccc(-c4nc5ccccc5s4)cc3)c3ccc4c(ccc5cc(N(c6ccc(-c7nc8ccccc8s7)cc6)c6ccc7ccccc7c6)ccc54)c3)ccc2c1. The predicted octanol–water partition coefficient (Wildman–Crippen LogP) is 17.8. The molecule has 13 rings (SSSR count). The number of rotatable bonds is 8. The standard InChI is InChI=1S/C60H38N4S2/c1-3-11-43-35-49(29-19-39(43)9-1)63(47-25-21-41(22-26-47)59-61-55-13-5-7-15-57(55)65-59)51-31-33-53-45(37-51)17-18-46-38-52(32-34-54(46)53)64(50-30-20-40-10-2-4-12-44(40)36-50)48-27-23-42(24-28-48)60-62-56-14-6-8-16-58(56)66-60/h1-38H. The molecule has 13 aromatic rings. The lowest BCUT2D eigenvalue weighted by Crippen LogP contribution is -2.10. The van der Waals surface area contributed by atoms with Gasteiger partial charge in [-0.05, 0) is 164 Å². The average Bonchev–Trinajstić information content (AvgIpc) is 4.02. The van der Waals surface area contributed by atoms with E-state index < -0.39 is 0 Å². The molecule has 2 aromatic heterocycles. The van der Waals surface area contributed by atoms with Gasteiger partial charge in [0.1, 0.15) is 10.0 Å². The van der Waals surface area contributed by atoms with E-state index in [1.807, 2.05) is 12.1 Å². The van der Waals surface area contributed by atoms with Crippen molar-refractivity contribution in [1.82, 2.24) is 9.97 Å². The summed E-state index contributed by atoms with van der Waals surface area (Å²) in [4.78, 5) is 14.6. The van der Waals surface area contributed by atoms with E-state index in [1.54, 1.807) is 22.7 Å². The molecule has 0 N–H and O–H groups in total. The van der Waals surface area contributed by atoms with E-state index in [-0.39, 0.29) is 0 Å². The Balaban J connectivity index is 0.888. The maximum absolute atomic E-state index is 4.94. The Hall–Kier alpha value is -8.16. The number of hydrogen-bond acceptors (Lipinski definition) is 6. The maximum Gasteiger partial charge on any atom is 0.124 e. The highest BCUT2D eigenvalue weighted by atomic mass is 32.1. The Morgan fingerprint density at radius 1 is 0.273 bits per heavy atom. The number of benzene rings is 11. The van der Waals surface area contributed by atoms with E-state index >= 15 is 0 Å². The van der Waals surface area contributed by atoms with Crippen LogP contribution in [0.4, 0.5) is 34.1 Å². The van der Waals surface area contributed by atoms with Crippen LogP contribution >= 0.6 is 22.7 Å². The molecule has 0 aliphatic heterocycles. The van der Waals surface area contributed by atoms with Gasteiger partial charge >= 0.3 is 0 Å². The van der Waals surface area contributed by atoms with Crippen molar-refractivity contribution in [3.05, 3.63) is 231 Å². The molecular formula is C60H38N4S2. The molecule has 0 spiro atoms. The number of nitrogens with zero attached hydrogens (tertiary/aromatic N) is 4. The Labute approximate surface area is 389 Å². The van der Waals surface area contributed by atoms with Crippen molar-refractivity contribution in [3.8, 4) is 21.1 Å². The number of aromatic nitrogens is 2. The van der Waals surface area contributed by atoms with Crippen LogP contribution in [0.1, 0.15) is 0 Å². The number of para-hydroxylation sites is 2. The molecule has 0 saturated heterocycles. The molecule has 0 amide bonds. The highest BCUT2D eigenvalue weighted by molar-refractivity contribution is 7.22. The van der Waals surface area contributed by atoms with Crippen LogP contribution in [-0.2, 0) is 0 Å². The fraction of sp³-hybridized carbons (Fsp3) is 0. The topological polar surface area (TPSA) is 32.3 Å². The van der Waals surface area contributed by atoms with Crippen LogP contribution in [0.15, 0.2) is 231 Å². The Bertz CT molecular complexity index is 3640. The molecule has 0 aliphatic carbocycles. The zero-order chi connectivity index (χ0) is 43.6. The van der Waals surface area contributed by atoms with Gasteiger partial charge in [0.05, 0.1) is 20.4 Å². The van der Waals surface area contributed by atoms with Gasteiger partial charge in [0.25, 0.3) is 0 Å². The van der Waals surface area contributed by atoms with Crippen molar-refractivity contribution in [2.24, 2.45) is 0 Å². The van der Waals surface area contributed by atoms with Crippen molar-refractivity contribution >= 4 is 120 Å². The second kappa shape index (κ2) is 15.8. The van der Waals surface area contributed by atoms with Crippen molar-refractivity contribution in [2.45, 2.75) is 0 Å². The van der Waals surface area contributed by atoms with Crippen molar-refractivity contribution < 1.29 is 0 Å². The van der Waals surface area contributed by atoms with Gasteiger partial charge in [-0.2, -0.15) is 0 Å². The Morgan fingerprint density at radius 3 is 1.03 bits per heavy atom. The lowest BCUT2D eigenvalue weighted by Gasteiger charge is -2.27. The third-order valence-corrected chi connectivity index (χ3v) is 14.8. The Kier molecular flexibility index (Phi) is 9.18. The zero-order valence-corrected chi connectivity index (χ0v) is 37.2. The molecule has 11 aromatic carbocycles. The largest absolute Gasteiger partial charge is 0.310 e. The van der Waals surface area contributed by atoms with E-state index in [2.05, 4.69) is 228 Å². The van der Waals surface area contributed by atoms with Crippen molar-refractivity contribution in [2.75, 3.05) is 9.80 Å². The Morgan fingerprint density at radius 2 is 0.606 bits per heavy atom. The lowest BCUT2D eigenvalue weighted by atomic mass is 9.99. The fourth-order valence-electron chi connectivity index (χ4n) is 9.35. The molecule has 4 nitrogen and oxygen atoms in total. The van der Waals surface area contributed by atoms with E-state index in [9.17, 15) is 0 Å². The van der Waals surface area contributed by atoms with Gasteiger partial charge < -0.3 is 9.80 Å². The summed E-state index contributed by atoms with van der Waals surface area (Å²) in [6.45, 7) is 0. The normalized spacial score (nSPS) is 11.6. The van der Waals surface area contributed by atoms with Crippen LogP contribution in [0.2, 0.25) is 0 Å². The van der Waals surface area contributed by atoms with Crippen LogP contribution in [-0.4, -0.2) is 9.97 Å². The average molecular weight is 879 g/mol. The quantitative estimate of drug-likeness (QED) is 0.142. The van der Waals surface area contributed by atoms with Crippen LogP contribution in [0.5, 0.6) is 0 Å². The maximum atomic E-state index is 4.94. The summed E-state index contributed by atoms with van der Waals surface area (Å²) in [5, 5.41) is 11.7. The highest BCUT2D eigenvalue weighted by Gasteiger charge is 2.18. The molecule has 6 heteroatoms. The molecule has 0 fully saturated rings. The van der Waals surface area contributed by atoms with Gasteiger partial charge in [-0.25, -0.2) is 9.97 Å². The van der Waals surface area contributed by atoms with Gasteiger partial charge in [0.15, 0.2) is 0 Å². The number of anilines is 6. The zero-order valence-electron chi connectivity index (χ0n) is 35.5. The van der Waals surface area contributed by atoms with Crippen LogP contribution in [0, 0.1) is 0 Å². The van der Waals surface area contributed by atoms with Crippen molar-refractivity contribution in [1.29, 1.82) is 0 Å². The molecule has 0 atom stereocenters. The minimum absolute atomic E-state index is 1.03. The summed E-state index contributed by atoms with van der Waals surface area (Å²) in [6.07, 6.45) is 0. The summed E-state index contributed by atoms with van der Waals surface area (Å²) < 4.78 is 2.39. The number of hydrogen-bond donors (Lipinski definition) is 0. The summed E-state index contributed by atoms with van der Waals surface area (Å²) in [6, 6.07) is 83.3. The van der Waals surface area contributed by atoms with Crippen molar-refractivity contribution in [3.63, 3.8) is 0 Å². The third kappa shape index (κ3) is 6.83. The predicted molar refractivity (Wildman–Crippen MR) is 283 cm³/mol. The smallest absolute Gasteiger partial charge is 0.124 e. The fourth-order valence-corrected chi connectivity index (χ4v) is 11.3. The van der Waals surface area contributed by atoms with Gasteiger partial charge in [0.2, 0.25) is 0 Å². The molecule has 0 radical (unpaired) electrons. The monoisotopic (exact) mass is 878 g/mol. The number of fused-ring (bicyclic) bond motifs is 7. The minimum Gasteiger partial charge on any atom is -0.310 e. The van der Waals surface area contributed by atoms with Crippen LogP contribution < -0.4 is 9.80 Å². The summed E-state index contributed by atoms with van der Waals surface area (Å²) in [5.41, 5.74) is 10.9. The summed E-state index contributed by atoms with van der Waals surface area (Å²) in [5.74, 6) is 0. The minimum atomic E-state index is 1.03. The third-order valence-electron chi connectivity index (χ3n) is 12.6. The van der Waals surface area contributed by atoms with Gasteiger partial charge in [-0.15, -0.1) is 22.7 Å². The van der Waals surface area contributed by atoms with Gasteiger partial charge in [0, 0.05) is 45.3 Å². The second-order valence-electron chi connectivity index (χ2n) is 16.7. The van der Waals surface area contributed by atoms with E-state index in [4.69, 9.17) is 9.97 Å². The van der Waals surface area contributed by atoms with Crippen LogP contribution in [0.3, 0.4) is 0 Å². The first-order chi connectivity index (χ1) is 32.6. The van der Waals surface area contributed by atoms with Gasteiger partial charge in [-0.1, -0.05) is 109 Å². The first kappa shape index (κ1) is 38.3. The van der Waals surface area contributed by atoms with E-state index in [1.165, 1.54) is 52.5 Å². The van der Waals surface area contributed by atoms with E-state index in [0.717, 1.165) is 66.3 Å². The second-order valence-corrected chi connectivity index (χ2v) is 18.7. The molecule has 0 bridgehead atoms. The molecule has 0 saturated carbocycles. The van der Waals surface area contributed by atoms with Gasteiger partial charge in [-0.3, -0.25) is 0 Å².